The lowest BCUT2D eigenvalue weighted by Gasteiger charge is -2.18. The Morgan fingerprint density at radius 1 is 1.40 bits per heavy atom. The summed E-state index contributed by atoms with van der Waals surface area (Å²) in [5.74, 6) is 0.0237. The molecule has 0 aromatic heterocycles. The molecule has 0 aliphatic carbocycles. The van der Waals surface area contributed by atoms with E-state index < -0.39 is 0 Å². The first-order valence-electron chi connectivity index (χ1n) is 7.30. The molecule has 1 fully saturated rings. The zero-order chi connectivity index (χ0) is 14.4. The number of nitrogens with two attached hydrogens (primary N) is 1. The number of carbonyl (C=O) groups is 1. The third kappa shape index (κ3) is 4.21. The molecule has 0 bridgehead atoms. The maximum absolute atomic E-state index is 12.0. The smallest absolute Gasteiger partial charge is 0.238 e. The number of amides is 1. The summed E-state index contributed by atoms with van der Waals surface area (Å²) in [5.41, 5.74) is 8.57. The van der Waals surface area contributed by atoms with Crippen LogP contribution < -0.4 is 16.4 Å². The van der Waals surface area contributed by atoms with Gasteiger partial charge in [-0.25, -0.2) is 0 Å². The number of carbonyl (C=O) groups excluding carboxylic acids is 1. The molecule has 5 heteroatoms. The Balaban J connectivity index is 1.88. The molecule has 1 aromatic carbocycles. The molecule has 1 aromatic rings. The number of rotatable bonds is 4. The molecule has 1 saturated heterocycles. The predicted molar refractivity (Wildman–Crippen MR) is 82.8 cm³/mol. The van der Waals surface area contributed by atoms with Crippen LogP contribution in [-0.4, -0.2) is 43.5 Å². The number of nitrogens with one attached hydrogen (secondary N) is 2. The SMILES string of the molecule is CCc1ccc(NC(=O)CN2CCCNCC2)cc1N. The second-order valence-electron chi connectivity index (χ2n) is 5.20. The molecule has 4 N–H and O–H groups in total. The molecular weight excluding hydrogens is 252 g/mol. The molecule has 0 spiro atoms. The van der Waals surface area contributed by atoms with Gasteiger partial charge in [0.25, 0.3) is 0 Å². The Bertz CT molecular complexity index is 453. The lowest BCUT2D eigenvalue weighted by atomic mass is 10.1. The minimum Gasteiger partial charge on any atom is -0.398 e. The van der Waals surface area contributed by atoms with Gasteiger partial charge in [0.1, 0.15) is 0 Å². The summed E-state index contributed by atoms with van der Waals surface area (Å²) < 4.78 is 0. The number of benzene rings is 1. The molecule has 0 saturated carbocycles. The number of nitrogens with zero attached hydrogens (tertiary/aromatic N) is 1. The van der Waals surface area contributed by atoms with Gasteiger partial charge in [0.15, 0.2) is 0 Å². The summed E-state index contributed by atoms with van der Waals surface area (Å²) in [6, 6.07) is 5.72. The summed E-state index contributed by atoms with van der Waals surface area (Å²) in [4.78, 5) is 14.2. The molecule has 1 aliphatic heterocycles. The maximum Gasteiger partial charge on any atom is 0.238 e. The Morgan fingerprint density at radius 3 is 3.00 bits per heavy atom. The average Bonchev–Trinajstić information content (AvgIpc) is 2.67. The van der Waals surface area contributed by atoms with E-state index in [0.717, 1.165) is 56.0 Å². The first-order valence-corrected chi connectivity index (χ1v) is 7.30. The van der Waals surface area contributed by atoms with Crippen molar-refractivity contribution in [3.05, 3.63) is 23.8 Å². The van der Waals surface area contributed by atoms with Crippen LogP contribution in [-0.2, 0) is 11.2 Å². The molecule has 0 atom stereocenters. The summed E-state index contributed by atoms with van der Waals surface area (Å²) >= 11 is 0. The van der Waals surface area contributed by atoms with Gasteiger partial charge in [-0.05, 0) is 43.6 Å². The fourth-order valence-electron chi connectivity index (χ4n) is 2.46. The highest BCUT2D eigenvalue weighted by Crippen LogP contribution is 2.18. The van der Waals surface area contributed by atoms with Gasteiger partial charge in [0, 0.05) is 24.5 Å². The van der Waals surface area contributed by atoms with E-state index >= 15 is 0 Å². The Morgan fingerprint density at radius 2 is 2.25 bits per heavy atom. The normalized spacial score (nSPS) is 16.6. The number of hydrogen-bond acceptors (Lipinski definition) is 4. The molecule has 20 heavy (non-hydrogen) atoms. The van der Waals surface area contributed by atoms with Crippen molar-refractivity contribution in [2.75, 3.05) is 43.8 Å². The third-order valence-corrected chi connectivity index (χ3v) is 3.61. The molecule has 0 radical (unpaired) electrons. The van der Waals surface area contributed by atoms with E-state index in [1.54, 1.807) is 0 Å². The van der Waals surface area contributed by atoms with Crippen LogP contribution in [0.25, 0.3) is 0 Å². The maximum atomic E-state index is 12.0. The minimum atomic E-state index is 0.0237. The second kappa shape index (κ2) is 7.26. The molecule has 1 aliphatic rings. The first kappa shape index (κ1) is 14.8. The van der Waals surface area contributed by atoms with E-state index in [-0.39, 0.29) is 5.91 Å². The average molecular weight is 276 g/mol. The summed E-state index contributed by atoms with van der Waals surface area (Å²) in [5, 5.41) is 6.25. The molecule has 0 unspecified atom stereocenters. The van der Waals surface area contributed by atoms with E-state index in [9.17, 15) is 4.79 Å². The zero-order valence-electron chi connectivity index (χ0n) is 12.1. The van der Waals surface area contributed by atoms with Crippen molar-refractivity contribution >= 4 is 17.3 Å². The highest BCUT2D eigenvalue weighted by atomic mass is 16.2. The van der Waals surface area contributed by atoms with E-state index in [0.29, 0.717) is 6.54 Å². The molecule has 1 amide bonds. The number of hydrogen-bond donors (Lipinski definition) is 3. The van der Waals surface area contributed by atoms with Crippen LogP contribution in [0.2, 0.25) is 0 Å². The molecule has 5 nitrogen and oxygen atoms in total. The molecular formula is C15H24N4O. The van der Waals surface area contributed by atoms with Crippen molar-refractivity contribution < 1.29 is 4.79 Å². The fourth-order valence-corrected chi connectivity index (χ4v) is 2.46. The standard InChI is InChI=1S/C15H24N4O/c1-2-12-4-5-13(10-14(12)16)18-15(20)11-19-8-3-6-17-7-9-19/h4-5,10,17H,2-3,6-9,11,16H2,1H3,(H,18,20). The second-order valence-corrected chi connectivity index (χ2v) is 5.20. The fraction of sp³-hybridized carbons (Fsp3) is 0.533. The number of anilines is 2. The van der Waals surface area contributed by atoms with Crippen molar-refractivity contribution in [1.29, 1.82) is 0 Å². The van der Waals surface area contributed by atoms with Gasteiger partial charge in [-0.2, -0.15) is 0 Å². The predicted octanol–water partition coefficient (Wildman–Crippen LogP) is 1.06. The Labute approximate surface area is 120 Å². The lowest BCUT2D eigenvalue weighted by molar-refractivity contribution is -0.117. The Hall–Kier alpha value is -1.59. The van der Waals surface area contributed by atoms with Crippen molar-refractivity contribution in [2.24, 2.45) is 0 Å². The molecule has 1 heterocycles. The largest absolute Gasteiger partial charge is 0.398 e. The summed E-state index contributed by atoms with van der Waals surface area (Å²) in [6.07, 6.45) is 1.99. The van der Waals surface area contributed by atoms with Crippen LogP contribution in [0.1, 0.15) is 18.9 Å². The minimum absolute atomic E-state index is 0.0237. The van der Waals surface area contributed by atoms with E-state index in [1.807, 2.05) is 18.2 Å². The van der Waals surface area contributed by atoms with Gasteiger partial charge in [0.05, 0.1) is 6.54 Å². The topological polar surface area (TPSA) is 70.4 Å². The van der Waals surface area contributed by atoms with Gasteiger partial charge in [-0.15, -0.1) is 0 Å². The highest BCUT2D eigenvalue weighted by Gasteiger charge is 2.13. The highest BCUT2D eigenvalue weighted by molar-refractivity contribution is 5.92. The van der Waals surface area contributed by atoms with Gasteiger partial charge in [-0.3, -0.25) is 9.69 Å². The van der Waals surface area contributed by atoms with Crippen LogP contribution >= 0.6 is 0 Å². The van der Waals surface area contributed by atoms with Gasteiger partial charge >= 0.3 is 0 Å². The van der Waals surface area contributed by atoms with E-state index in [4.69, 9.17) is 5.73 Å². The van der Waals surface area contributed by atoms with Gasteiger partial charge < -0.3 is 16.4 Å². The van der Waals surface area contributed by atoms with Crippen LogP contribution in [0.4, 0.5) is 11.4 Å². The van der Waals surface area contributed by atoms with E-state index in [1.165, 1.54) is 0 Å². The van der Waals surface area contributed by atoms with Crippen LogP contribution in [0.5, 0.6) is 0 Å². The summed E-state index contributed by atoms with van der Waals surface area (Å²) in [6.45, 7) is 6.38. The van der Waals surface area contributed by atoms with E-state index in [2.05, 4.69) is 22.5 Å². The van der Waals surface area contributed by atoms with Crippen molar-refractivity contribution in [2.45, 2.75) is 19.8 Å². The van der Waals surface area contributed by atoms with Crippen molar-refractivity contribution in [3.63, 3.8) is 0 Å². The van der Waals surface area contributed by atoms with Gasteiger partial charge in [-0.1, -0.05) is 13.0 Å². The number of aryl methyl sites for hydroxylation is 1. The summed E-state index contributed by atoms with van der Waals surface area (Å²) in [7, 11) is 0. The zero-order valence-corrected chi connectivity index (χ0v) is 12.1. The lowest BCUT2D eigenvalue weighted by Crippen LogP contribution is -2.35. The van der Waals surface area contributed by atoms with Gasteiger partial charge in [0.2, 0.25) is 5.91 Å². The monoisotopic (exact) mass is 276 g/mol. The van der Waals surface area contributed by atoms with Crippen LogP contribution in [0, 0.1) is 0 Å². The quantitative estimate of drug-likeness (QED) is 0.719. The number of nitrogen functional groups attached to an aromatic ring is 1. The van der Waals surface area contributed by atoms with Crippen LogP contribution in [0.3, 0.4) is 0 Å². The molecule has 2 rings (SSSR count). The van der Waals surface area contributed by atoms with Crippen molar-refractivity contribution in [1.82, 2.24) is 10.2 Å². The Kier molecular flexibility index (Phi) is 5.38. The van der Waals surface area contributed by atoms with Crippen LogP contribution in [0.15, 0.2) is 18.2 Å². The molecule has 110 valence electrons. The third-order valence-electron chi connectivity index (χ3n) is 3.61. The first-order chi connectivity index (χ1) is 9.69. The van der Waals surface area contributed by atoms with Crippen molar-refractivity contribution in [3.8, 4) is 0 Å².